The van der Waals surface area contributed by atoms with Gasteiger partial charge in [0.2, 0.25) is 0 Å². The van der Waals surface area contributed by atoms with E-state index in [1.54, 1.807) is 0 Å². The molecule has 13 heavy (non-hydrogen) atoms. The first kappa shape index (κ1) is 8.57. The number of rotatable bonds is 1. The second kappa shape index (κ2) is 3.38. The Kier molecular flexibility index (Phi) is 2.23. The molecule has 0 bridgehead atoms. The van der Waals surface area contributed by atoms with Gasteiger partial charge in [0.05, 0.1) is 0 Å². The molecule has 0 aliphatic carbocycles. The van der Waals surface area contributed by atoms with Crippen molar-refractivity contribution in [1.82, 2.24) is 5.32 Å². The Bertz CT molecular complexity index is 301. The lowest BCUT2D eigenvalue weighted by Gasteiger charge is -2.13. The predicted octanol–water partition coefficient (Wildman–Crippen LogP) is 2.00. The van der Waals surface area contributed by atoms with Gasteiger partial charge in [0.1, 0.15) is 0 Å². The number of nitrogens with two attached hydrogens (primary N) is 1. The van der Waals surface area contributed by atoms with Gasteiger partial charge in [-0.05, 0) is 43.5 Å². The van der Waals surface area contributed by atoms with E-state index in [2.05, 4.69) is 30.4 Å². The summed E-state index contributed by atoms with van der Waals surface area (Å²) in [5.74, 6) is 0. The molecule has 1 aromatic rings. The molecular weight excluding hydrogens is 160 g/mol. The van der Waals surface area contributed by atoms with Crippen LogP contribution < -0.4 is 11.1 Å². The zero-order valence-corrected chi connectivity index (χ0v) is 8.01. The van der Waals surface area contributed by atoms with Crippen LogP contribution in [0.1, 0.15) is 30.0 Å². The molecule has 1 fully saturated rings. The van der Waals surface area contributed by atoms with Crippen LogP contribution in [0.15, 0.2) is 18.2 Å². The molecular formula is C11H16N2. The van der Waals surface area contributed by atoms with Crippen LogP contribution in [-0.2, 0) is 0 Å². The highest BCUT2D eigenvalue weighted by Gasteiger charge is 2.17. The molecule has 1 aromatic carbocycles. The lowest BCUT2D eigenvalue weighted by Crippen LogP contribution is -2.14. The van der Waals surface area contributed by atoms with Gasteiger partial charge in [0.25, 0.3) is 0 Å². The van der Waals surface area contributed by atoms with Crippen LogP contribution in [0.2, 0.25) is 0 Å². The highest BCUT2D eigenvalue weighted by molar-refractivity contribution is 5.50. The summed E-state index contributed by atoms with van der Waals surface area (Å²) in [5, 5.41) is 3.45. The summed E-state index contributed by atoms with van der Waals surface area (Å²) >= 11 is 0. The maximum absolute atomic E-state index is 5.96. The van der Waals surface area contributed by atoms with E-state index in [0.717, 1.165) is 12.2 Å². The molecule has 1 aliphatic heterocycles. The van der Waals surface area contributed by atoms with Crippen LogP contribution in [0.3, 0.4) is 0 Å². The molecule has 1 aliphatic rings. The van der Waals surface area contributed by atoms with Crippen LogP contribution in [-0.4, -0.2) is 6.54 Å². The maximum atomic E-state index is 5.96. The third-order valence-electron chi connectivity index (χ3n) is 2.68. The van der Waals surface area contributed by atoms with E-state index >= 15 is 0 Å². The van der Waals surface area contributed by atoms with Crippen LogP contribution in [0.5, 0.6) is 0 Å². The van der Waals surface area contributed by atoms with E-state index in [1.165, 1.54) is 24.0 Å². The van der Waals surface area contributed by atoms with Crippen molar-refractivity contribution in [2.75, 3.05) is 12.3 Å². The Morgan fingerprint density at radius 2 is 2.31 bits per heavy atom. The molecule has 0 unspecified atom stereocenters. The normalized spacial score (nSPS) is 22.1. The molecule has 2 rings (SSSR count). The molecule has 0 spiro atoms. The fourth-order valence-electron chi connectivity index (χ4n) is 1.96. The first-order valence-electron chi connectivity index (χ1n) is 4.87. The summed E-state index contributed by atoms with van der Waals surface area (Å²) in [6.45, 7) is 3.19. The van der Waals surface area contributed by atoms with E-state index in [0.29, 0.717) is 6.04 Å². The number of nitrogens with one attached hydrogen (secondary N) is 1. The molecule has 70 valence electrons. The zero-order chi connectivity index (χ0) is 9.26. The Balaban J connectivity index is 2.29. The molecule has 2 heteroatoms. The summed E-state index contributed by atoms with van der Waals surface area (Å²) in [6, 6.07) is 6.81. The fraction of sp³-hybridized carbons (Fsp3) is 0.455. The highest BCUT2D eigenvalue weighted by Crippen LogP contribution is 2.27. The van der Waals surface area contributed by atoms with Gasteiger partial charge in [-0.1, -0.05) is 12.1 Å². The van der Waals surface area contributed by atoms with E-state index < -0.39 is 0 Å². The fourth-order valence-corrected chi connectivity index (χ4v) is 1.96. The van der Waals surface area contributed by atoms with Gasteiger partial charge in [-0.2, -0.15) is 0 Å². The van der Waals surface area contributed by atoms with Gasteiger partial charge in [-0.25, -0.2) is 0 Å². The zero-order valence-electron chi connectivity index (χ0n) is 8.01. The van der Waals surface area contributed by atoms with Crippen molar-refractivity contribution in [3.05, 3.63) is 29.3 Å². The molecule has 2 nitrogen and oxygen atoms in total. The van der Waals surface area contributed by atoms with Crippen molar-refractivity contribution in [2.45, 2.75) is 25.8 Å². The summed E-state index contributed by atoms with van der Waals surface area (Å²) < 4.78 is 0. The maximum Gasteiger partial charge on any atom is 0.0365 e. The first-order chi connectivity index (χ1) is 6.27. The molecule has 0 saturated carbocycles. The monoisotopic (exact) mass is 176 g/mol. The predicted molar refractivity (Wildman–Crippen MR) is 55.6 cm³/mol. The van der Waals surface area contributed by atoms with Gasteiger partial charge in [-0.15, -0.1) is 0 Å². The number of hydrogen-bond acceptors (Lipinski definition) is 2. The minimum Gasteiger partial charge on any atom is -0.398 e. The van der Waals surface area contributed by atoms with Crippen LogP contribution in [0, 0.1) is 6.92 Å². The summed E-state index contributed by atoms with van der Waals surface area (Å²) in [6.07, 6.45) is 2.48. The first-order valence-corrected chi connectivity index (χ1v) is 4.87. The molecule has 0 amide bonds. The Hall–Kier alpha value is -1.02. The minimum absolute atomic E-state index is 0.487. The molecule has 0 radical (unpaired) electrons. The topological polar surface area (TPSA) is 38.0 Å². The Morgan fingerprint density at radius 3 is 2.92 bits per heavy atom. The van der Waals surface area contributed by atoms with Crippen molar-refractivity contribution in [3.63, 3.8) is 0 Å². The van der Waals surface area contributed by atoms with E-state index in [4.69, 9.17) is 5.73 Å². The number of nitrogen functional groups attached to an aromatic ring is 1. The highest BCUT2D eigenvalue weighted by atomic mass is 14.9. The van der Waals surface area contributed by atoms with E-state index in [1.807, 2.05) is 0 Å². The van der Waals surface area contributed by atoms with Crippen molar-refractivity contribution in [2.24, 2.45) is 0 Å². The van der Waals surface area contributed by atoms with Gasteiger partial charge < -0.3 is 11.1 Å². The lowest BCUT2D eigenvalue weighted by molar-refractivity contribution is 0.649. The standard InChI is InChI=1S/C11H16N2/c1-8-4-5-9(10(12)7-8)11-3-2-6-13-11/h4-5,7,11,13H,2-3,6,12H2,1H3/t11-/m0/s1. The molecule has 1 atom stereocenters. The van der Waals surface area contributed by atoms with Gasteiger partial charge in [-0.3, -0.25) is 0 Å². The Labute approximate surface area is 79.1 Å². The summed E-state index contributed by atoms with van der Waals surface area (Å²) in [5.41, 5.74) is 9.39. The largest absolute Gasteiger partial charge is 0.398 e. The van der Waals surface area contributed by atoms with Crippen LogP contribution >= 0.6 is 0 Å². The number of benzene rings is 1. The lowest BCUT2D eigenvalue weighted by atomic mass is 10.0. The third kappa shape index (κ3) is 1.68. The van der Waals surface area contributed by atoms with Crippen molar-refractivity contribution in [3.8, 4) is 0 Å². The van der Waals surface area contributed by atoms with Gasteiger partial charge in [0, 0.05) is 11.7 Å². The third-order valence-corrected chi connectivity index (χ3v) is 2.68. The molecule has 3 N–H and O–H groups in total. The average Bonchev–Trinajstić information content (AvgIpc) is 2.56. The van der Waals surface area contributed by atoms with Crippen LogP contribution in [0.25, 0.3) is 0 Å². The quantitative estimate of drug-likeness (QED) is 0.642. The second-order valence-corrected chi connectivity index (χ2v) is 3.78. The molecule has 1 heterocycles. The number of aryl methyl sites for hydroxylation is 1. The number of anilines is 1. The van der Waals surface area contributed by atoms with Crippen LogP contribution in [0.4, 0.5) is 5.69 Å². The van der Waals surface area contributed by atoms with Crippen molar-refractivity contribution >= 4 is 5.69 Å². The number of hydrogen-bond donors (Lipinski definition) is 2. The van der Waals surface area contributed by atoms with Gasteiger partial charge >= 0.3 is 0 Å². The van der Waals surface area contributed by atoms with E-state index in [9.17, 15) is 0 Å². The second-order valence-electron chi connectivity index (χ2n) is 3.78. The van der Waals surface area contributed by atoms with E-state index in [-0.39, 0.29) is 0 Å². The smallest absolute Gasteiger partial charge is 0.0365 e. The molecule has 1 saturated heterocycles. The SMILES string of the molecule is Cc1ccc([C@@H]2CCCN2)c(N)c1. The minimum atomic E-state index is 0.487. The molecule has 0 aromatic heterocycles. The van der Waals surface area contributed by atoms with Crippen molar-refractivity contribution in [1.29, 1.82) is 0 Å². The summed E-state index contributed by atoms with van der Waals surface area (Å²) in [4.78, 5) is 0. The van der Waals surface area contributed by atoms with Gasteiger partial charge in [0.15, 0.2) is 0 Å². The summed E-state index contributed by atoms with van der Waals surface area (Å²) in [7, 11) is 0. The average molecular weight is 176 g/mol. The van der Waals surface area contributed by atoms with Crippen molar-refractivity contribution < 1.29 is 0 Å². The Morgan fingerprint density at radius 1 is 1.46 bits per heavy atom.